The molecule has 0 aromatic carbocycles. The summed E-state index contributed by atoms with van der Waals surface area (Å²) in [4.78, 5) is 6.93. The Morgan fingerprint density at radius 3 is 2.61 bits per heavy atom. The molecular formula is C15H26N2O. The van der Waals surface area contributed by atoms with Crippen molar-refractivity contribution in [3.8, 4) is 0 Å². The van der Waals surface area contributed by atoms with Crippen LogP contribution < -0.4 is 4.90 Å². The summed E-state index contributed by atoms with van der Waals surface area (Å²) < 4.78 is 0. The molecule has 0 aliphatic carbocycles. The molecule has 1 aromatic heterocycles. The monoisotopic (exact) mass is 250 g/mol. The van der Waals surface area contributed by atoms with Gasteiger partial charge in [0.25, 0.3) is 0 Å². The van der Waals surface area contributed by atoms with Crippen LogP contribution in [0.4, 0.5) is 5.82 Å². The Morgan fingerprint density at radius 1 is 1.39 bits per heavy atom. The van der Waals surface area contributed by atoms with Crippen LogP contribution >= 0.6 is 0 Å². The Labute approximate surface area is 111 Å². The Hall–Kier alpha value is -1.09. The molecule has 18 heavy (non-hydrogen) atoms. The number of nitrogens with zero attached hydrogens (tertiary/aromatic N) is 2. The molecule has 3 heteroatoms. The minimum Gasteiger partial charge on any atom is -0.392 e. The van der Waals surface area contributed by atoms with Crippen molar-refractivity contribution in [2.75, 3.05) is 11.4 Å². The van der Waals surface area contributed by atoms with Gasteiger partial charge in [0.2, 0.25) is 0 Å². The van der Waals surface area contributed by atoms with Gasteiger partial charge in [0, 0.05) is 18.8 Å². The van der Waals surface area contributed by atoms with E-state index in [4.69, 9.17) is 5.11 Å². The average Bonchev–Trinajstić information content (AvgIpc) is 2.39. The SMILES string of the molecule is CCCCN(c1ncc(CO)cc1C)C(C)CC. The van der Waals surface area contributed by atoms with Crippen LogP contribution in [0.15, 0.2) is 12.3 Å². The van der Waals surface area contributed by atoms with Crippen molar-refractivity contribution in [3.05, 3.63) is 23.4 Å². The van der Waals surface area contributed by atoms with Crippen LogP contribution in [0.3, 0.4) is 0 Å². The number of aliphatic hydroxyl groups excluding tert-OH is 1. The van der Waals surface area contributed by atoms with E-state index in [0.717, 1.165) is 29.9 Å². The molecule has 0 saturated carbocycles. The highest BCUT2D eigenvalue weighted by atomic mass is 16.3. The fourth-order valence-corrected chi connectivity index (χ4v) is 2.10. The van der Waals surface area contributed by atoms with Gasteiger partial charge in [-0.1, -0.05) is 20.3 Å². The van der Waals surface area contributed by atoms with Crippen molar-refractivity contribution >= 4 is 5.82 Å². The zero-order valence-electron chi connectivity index (χ0n) is 12.1. The molecule has 102 valence electrons. The van der Waals surface area contributed by atoms with E-state index >= 15 is 0 Å². The number of aliphatic hydroxyl groups is 1. The molecule has 0 fully saturated rings. The van der Waals surface area contributed by atoms with Crippen molar-refractivity contribution in [1.29, 1.82) is 0 Å². The van der Waals surface area contributed by atoms with Crippen molar-refractivity contribution in [1.82, 2.24) is 4.98 Å². The second kappa shape index (κ2) is 7.37. The van der Waals surface area contributed by atoms with Gasteiger partial charge >= 0.3 is 0 Å². The average molecular weight is 250 g/mol. The number of rotatable bonds is 7. The van der Waals surface area contributed by atoms with Crippen molar-refractivity contribution in [2.24, 2.45) is 0 Å². The highest BCUT2D eigenvalue weighted by molar-refractivity contribution is 5.48. The predicted octanol–water partition coefficient (Wildman–Crippen LogP) is 3.29. The first-order valence-electron chi connectivity index (χ1n) is 6.97. The highest BCUT2D eigenvalue weighted by Gasteiger charge is 2.15. The lowest BCUT2D eigenvalue weighted by atomic mass is 10.1. The topological polar surface area (TPSA) is 36.4 Å². The molecule has 1 heterocycles. The molecule has 3 nitrogen and oxygen atoms in total. The van der Waals surface area contributed by atoms with E-state index in [1.807, 2.05) is 6.07 Å². The summed E-state index contributed by atoms with van der Waals surface area (Å²) in [6.07, 6.45) is 5.28. The molecule has 0 saturated heterocycles. The predicted molar refractivity (Wildman–Crippen MR) is 76.9 cm³/mol. The summed E-state index contributed by atoms with van der Waals surface area (Å²) >= 11 is 0. The molecule has 1 atom stereocenters. The number of unbranched alkanes of at least 4 members (excludes halogenated alkanes) is 1. The normalized spacial score (nSPS) is 12.5. The van der Waals surface area contributed by atoms with Gasteiger partial charge in [-0.25, -0.2) is 4.98 Å². The molecule has 0 aliphatic heterocycles. The Kier molecular flexibility index (Phi) is 6.13. The summed E-state index contributed by atoms with van der Waals surface area (Å²) in [5.74, 6) is 1.06. The third-order valence-electron chi connectivity index (χ3n) is 3.44. The largest absolute Gasteiger partial charge is 0.392 e. The minimum absolute atomic E-state index is 0.0619. The summed E-state index contributed by atoms with van der Waals surface area (Å²) in [7, 11) is 0. The molecule has 1 N–H and O–H groups in total. The summed E-state index contributed by atoms with van der Waals surface area (Å²) in [6, 6.07) is 2.53. The van der Waals surface area contributed by atoms with Crippen LogP contribution in [0.5, 0.6) is 0 Å². The smallest absolute Gasteiger partial charge is 0.131 e. The van der Waals surface area contributed by atoms with E-state index in [1.54, 1.807) is 6.20 Å². The van der Waals surface area contributed by atoms with Crippen LogP contribution in [0.1, 0.15) is 51.2 Å². The Balaban J connectivity index is 2.96. The first-order valence-corrected chi connectivity index (χ1v) is 6.97. The van der Waals surface area contributed by atoms with Crippen LogP contribution in [-0.2, 0) is 6.61 Å². The first kappa shape index (κ1) is 15.0. The third kappa shape index (κ3) is 3.70. The van der Waals surface area contributed by atoms with Crippen molar-refractivity contribution in [2.45, 2.75) is 59.6 Å². The summed E-state index contributed by atoms with van der Waals surface area (Å²) in [5.41, 5.74) is 2.04. The third-order valence-corrected chi connectivity index (χ3v) is 3.44. The van der Waals surface area contributed by atoms with E-state index in [9.17, 15) is 0 Å². The number of pyridine rings is 1. The molecule has 0 bridgehead atoms. The van der Waals surface area contributed by atoms with Gasteiger partial charge in [-0.3, -0.25) is 0 Å². The molecular weight excluding hydrogens is 224 g/mol. The zero-order chi connectivity index (χ0) is 13.5. The fourth-order valence-electron chi connectivity index (χ4n) is 2.10. The molecule has 0 aliphatic rings. The fraction of sp³-hybridized carbons (Fsp3) is 0.667. The lowest BCUT2D eigenvalue weighted by molar-refractivity contribution is 0.281. The highest BCUT2D eigenvalue weighted by Crippen LogP contribution is 2.22. The molecule has 0 amide bonds. The zero-order valence-corrected chi connectivity index (χ0v) is 12.1. The van der Waals surface area contributed by atoms with Gasteiger partial charge < -0.3 is 10.0 Å². The van der Waals surface area contributed by atoms with E-state index in [-0.39, 0.29) is 6.61 Å². The van der Waals surface area contributed by atoms with Gasteiger partial charge in [0.15, 0.2) is 0 Å². The molecule has 0 radical (unpaired) electrons. The number of hydrogen-bond donors (Lipinski definition) is 1. The number of aryl methyl sites for hydroxylation is 1. The van der Waals surface area contributed by atoms with Crippen LogP contribution in [0.25, 0.3) is 0 Å². The first-order chi connectivity index (χ1) is 8.63. The molecule has 0 spiro atoms. The van der Waals surface area contributed by atoms with Gasteiger partial charge in [-0.15, -0.1) is 0 Å². The van der Waals surface area contributed by atoms with Crippen LogP contribution in [0, 0.1) is 6.92 Å². The van der Waals surface area contributed by atoms with Crippen LogP contribution in [-0.4, -0.2) is 22.7 Å². The second-order valence-corrected chi connectivity index (χ2v) is 4.95. The number of hydrogen-bond acceptors (Lipinski definition) is 3. The Bertz CT molecular complexity index is 366. The lowest BCUT2D eigenvalue weighted by Gasteiger charge is -2.31. The lowest BCUT2D eigenvalue weighted by Crippen LogP contribution is -2.34. The molecule has 1 unspecified atom stereocenters. The molecule has 1 rings (SSSR count). The molecule has 1 aromatic rings. The van der Waals surface area contributed by atoms with Gasteiger partial charge in [0.1, 0.15) is 5.82 Å². The Morgan fingerprint density at radius 2 is 2.11 bits per heavy atom. The number of aromatic nitrogens is 1. The maximum absolute atomic E-state index is 9.13. The summed E-state index contributed by atoms with van der Waals surface area (Å²) in [6.45, 7) is 9.86. The van der Waals surface area contributed by atoms with Crippen LogP contribution in [0.2, 0.25) is 0 Å². The van der Waals surface area contributed by atoms with Gasteiger partial charge in [0.05, 0.1) is 6.61 Å². The van der Waals surface area contributed by atoms with Crippen molar-refractivity contribution in [3.63, 3.8) is 0 Å². The quantitative estimate of drug-likeness (QED) is 0.806. The second-order valence-electron chi connectivity index (χ2n) is 4.95. The minimum atomic E-state index is 0.0619. The van der Waals surface area contributed by atoms with E-state index < -0.39 is 0 Å². The van der Waals surface area contributed by atoms with Gasteiger partial charge in [-0.2, -0.15) is 0 Å². The summed E-state index contributed by atoms with van der Waals surface area (Å²) in [5, 5.41) is 9.13. The standard InChI is InChI=1S/C15H26N2O/c1-5-7-8-17(13(4)6-2)15-12(3)9-14(11-18)10-16-15/h9-10,13,18H,5-8,11H2,1-4H3. The number of anilines is 1. The van der Waals surface area contributed by atoms with E-state index in [0.29, 0.717) is 6.04 Å². The maximum Gasteiger partial charge on any atom is 0.131 e. The van der Waals surface area contributed by atoms with Gasteiger partial charge in [-0.05, 0) is 43.9 Å². The maximum atomic E-state index is 9.13. The van der Waals surface area contributed by atoms with Crippen molar-refractivity contribution < 1.29 is 5.11 Å². The van der Waals surface area contributed by atoms with E-state index in [1.165, 1.54) is 12.8 Å². The van der Waals surface area contributed by atoms with E-state index in [2.05, 4.69) is 37.6 Å².